The van der Waals surface area contributed by atoms with Crippen LogP contribution in [0.25, 0.3) is 0 Å². The average molecular weight is 242 g/mol. The van der Waals surface area contributed by atoms with Crippen LogP contribution in [-0.2, 0) is 0 Å². The molecule has 0 aromatic rings. The molecule has 0 heterocycles. The van der Waals surface area contributed by atoms with Crippen LogP contribution in [0.3, 0.4) is 0 Å². The summed E-state index contributed by atoms with van der Waals surface area (Å²) in [5.41, 5.74) is 0. The molecule has 0 unspecified atom stereocenters. The van der Waals surface area contributed by atoms with Crippen molar-refractivity contribution in [2.24, 2.45) is 0 Å². The highest BCUT2D eigenvalue weighted by atomic mass is 16.3. The zero-order valence-corrected chi connectivity index (χ0v) is 11.6. The van der Waals surface area contributed by atoms with Crippen molar-refractivity contribution in [2.45, 2.75) is 64.5 Å². The summed E-state index contributed by atoms with van der Waals surface area (Å²) in [6.45, 7) is 8.32. The molecular weight excluding hydrogens is 212 g/mol. The van der Waals surface area contributed by atoms with E-state index in [9.17, 15) is 5.11 Å². The van der Waals surface area contributed by atoms with E-state index < -0.39 is 0 Å². The molecule has 0 bridgehead atoms. The second kappa shape index (κ2) is 8.90. The molecule has 1 rings (SSSR count). The molecule has 2 N–H and O–H groups in total. The molecule has 0 amide bonds. The molecule has 1 saturated carbocycles. The van der Waals surface area contributed by atoms with Gasteiger partial charge in [0, 0.05) is 19.1 Å². The van der Waals surface area contributed by atoms with E-state index in [0.717, 1.165) is 26.2 Å². The Morgan fingerprint density at radius 2 is 1.76 bits per heavy atom. The van der Waals surface area contributed by atoms with Gasteiger partial charge in [0.05, 0.1) is 6.10 Å². The molecule has 3 heteroatoms. The van der Waals surface area contributed by atoms with Gasteiger partial charge in [0.15, 0.2) is 0 Å². The predicted octanol–water partition coefficient (Wildman–Crippen LogP) is 2.00. The Morgan fingerprint density at radius 3 is 2.24 bits per heavy atom. The standard InChI is InChI=1S/C14H30N2O/c1-3-5-9-16(10-6-4-2)12-14(17)11-15-13-7-8-13/h13-15,17H,3-12H2,1-2H3/t14-/m0/s1. The number of hydrogen-bond donors (Lipinski definition) is 2. The first-order valence-electron chi connectivity index (χ1n) is 7.40. The number of nitrogens with one attached hydrogen (secondary N) is 1. The van der Waals surface area contributed by atoms with Gasteiger partial charge in [-0.05, 0) is 38.8 Å². The van der Waals surface area contributed by atoms with Crippen LogP contribution in [0.2, 0.25) is 0 Å². The van der Waals surface area contributed by atoms with Crippen molar-refractivity contribution in [3.63, 3.8) is 0 Å². The van der Waals surface area contributed by atoms with Crippen LogP contribution in [0.5, 0.6) is 0 Å². The normalized spacial score (nSPS) is 17.6. The van der Waals surface area contributed by atoms with Crippen molar-refractivity contribution in [2.75, 3.05) is 26.2 Å². The SMILES string of the molecule is CCCCN(CCCC)C[C@@H](O)CNC1CC1. The fourth-order valence-electron chi connectivity index (χ4n) is 2.01. The minimum absolute atomic E-state index is 0.204. The Hall–Kier alpha value is -0.120. The van der Waals surface area contributed by atoms with E-state index in [2.05, 4.69) is 24.1 Å². The van der Waals surface area contributed by atoms with Crippen molar-refractivity contribution >= 4 is 0 Å². The minimum Gasteiger partial charge on any atom is -0.390 e. The monoisotopic (exact) mass is 242 g/mol. The summed E-state index contributed by atoms with van der Waals surface area (Å²) in [4.78, 5) is 2.42. The quantitative estimate of drug-likeness (QED) is 0.582. The fourth-order valence-corrected chi connectivity index (χ4v) is 2.01. The number of unbranched alkanes of at least 4 members (excludes halogenated alkanes) is 2. The van der Waals surface area contributed by atoms with E-state index in [-0.39, 0.29) is 6.10 Å². The lowest BCUT2D eigenvalue weighted by Gasteiger charge is -2.25. The summed E-state index contributed by atoms with van der Waals surface area (Å²) < 4.78 is 0. The van der Waals surface area contributed by atoms with E-state index in [1.54, 1.807) is 0 Å². The molecule has 0 spiro atoms. The van der Waals surface area contributed by atoms with Gasteiger partial charge in [0.25, 0.3) is 0 Å². The second-order valence-corrected chi connectivity index (χ2v) is 5.34. The topological polar surface area (TPSA) is 35.5 Å². The molecule has 1 fully saturated rings. The second-order valence-electron chi connectivity index (χ2n) is 5.34. The van der Waals surface area contributed by atoms with Gasteiger partial charge in [-0.1, -0.05) is 26.7 Å². The molecule has 0 radical (unpaired) electrons. The van der Waals surface area contributed by atoms with Gasteiger partial charge >= 0.3 is 0 Å². The zero-order chi connectivity index (χ0) is 12.5. The lowest BCUT2D eigenvalue weighted by Crippen LogP contribution is -2.39. The zero-order valence-electron chi connectivity index (χ0n) is 11.6. The van der Waals surface area contributed by atoms with Crippen LogP contribution in [0, 0.1) is 0 Å². The third-order valence-electron chi connectivity index (χ3n) is 3.34. The van der Waals surface area contributed by atoms with Gasteiger partial charge < -0.3 is 15.3 Å². The summed E-state index contributed by atoms with van der Waals surface area (Å²) in [5, 5.41) is 13.4. The number of aliphatic hydroxyl groups excluding tert-OH is 1. The first-order chi connectivity index (χ1) is 8.26. The maximum atomic E-state index is 9.99. The van der Waals surface area contributed by atoms with E-state index in [1.807, 2.05) is 0 Å². The van der Waals surface area contributed by atoms with Gasteiger partial charge in [-0.2, -0.15) is 0 Å². The number of aliphatic hydroxyl groups is 1. The van der Waals surface area contributed by atoms with Gasteiger partial charge in [-0.3, -0.25) is 0 Å². The third-order valence-corrected chi connectivity index (χ3v) is 3.34. The van der Waals surface area contributed by atoms with E-state index in [1.165, 1.54) is 38.5 Å². The maximum absolute atomic E-state index is 9.99. The van der Waals surface area contributed by atoms with Crippen LogP contribution in [0.4, 0.5) is 0 Å². The summed E-state index contributed by atoms with van der Waals surface area (Å²) >= 11 is 0. The Morgan fingerprint density at radius 1 is 1.18 bits per heavy atom. The number of hydrogen-bond acceptors (Lipinski definition) is 3. The maximum Gasteiger partial charge on any atom is 0.0791 e. The molecule has 0 saturated heterocycles. The van der Waals surface area contributed by atoms with Crippen molar-refractivity contribution in [3.8, 4) is 0 Å². The Labute approximate surface area is 107 Å². The lowest BCUT2D eigenvalue weighted by atomic mass is 10.2. The third kappa shape index (κ3) is 7.74. The summed E-state index contributed by atoms with van der Waals surface area (Å²) in [6.07, 6.45) is 7.34. The van der Waals surface area contributed by atoms with Crippen molar-refractivity contribution in [1.82, 2.24) is 10.2 Å². The van der Waals surface area contributed by atoms with Crippen LogP contribution < -0.4 is 5.32 Å². The van der Waals surface area contributed by atoms with Crippen molar-refractivity contribution in [1.29, 1.82) is 0 Å². The summed E-state index contributed by atoms with van der Waals surface area (Å²) in [6, 6.07) is 0.699. The number of rotatable bonds is 11. The largest absolute Gasteiger partial charge is 0.390 e. The average Bonchev–Trinajstić information content (AvgIpc) is 3.14. The van der Waals surface area contributed by atoms with Gasteiger partial charge in [0.2, 0.25) is 0 Å². The van der Waals surface area contributed by atoms with E-state index >= 15 is 0 Å². The molecule has 0 aromatic carbocycles. The summed E-state index contributed by atoms with van der Waals surface area (Å²) in [7, 11) is 0. The first kappa shape index (κ1) is 14.9. The highest BCUT2D eigenvalue weighted by molar-refractivity contribution is 4.82. The van der Waals surface area contributed by atoms with Crippen molar-refractivity contribution < 1.29 is 5.11 Å². The summed E-state index contributed by atoms with van der Waals surface area (Å²) in [5.74, 6) is 0. The molecular formula is C14H30N2O. The molecule has 17 heavy (non-hydrogen) atoms. The molecule has 1 aliphatic carbocycles. The molecule has 1 aliphatic rings. The Bertz CT molecular complexity index is 175. The van der Waals surface area contributed by atoms with Crippen LogP contribution >= 0.6 is 0 Å². The van der Waals surface area contributed by atoms with Crippen molar-refractivity contribution in [3.05, 3.63) is 0 Å². The van der Waals surface area contributed by atoms with E-state index in [0.29, 0.717) is 6.04 Å². The predicted molar refractivity (Wildman–Crippen MR) is 73.3 cm³/mol. The molecule has 1 atom stereocenters. The molecule has 0 aliphatic heterocycles. The van der Waals surface area contributed by atoms with E-state index in [4.69, 9.17) is 0 Å². The van der Waals surface area contributed by atoms with Gasteiger partial charge in [-0.15, -0.1) is 0 Å². The Balaban J connectivity index is 2.13. The van der Waals surface area contributed by atoms with Crippen LogP contribution in [0.1, 0.15) is 52.4 Å². The Kier molecular flexibility index (Phi) is 7.82. The van der Waals surface area contributed by atoms with Gasteiger partial charge in [-0.25, -0.2) is 0 Å². The van der Waals surface area contributed by atoms with Gasteiger partial charge in [0.1, 0.15) is 0 Å². The highest BCUT2D eigenvalue weighted by Crippen LogP contribution is 2.18. The molecule has 0 aromatic heterocycles. The fraction of sp³-hybridized carbons (Fsp3) is 1.00. The number of nitrogens with zero attached hydrogens (tertiary/aromatic N) is 1. The smallest absolute Gasteiger partial charge is 0.0791 e. The lowest BCUT2D eigenvalue weighted by molar-refractivity contribution is 0.109. The molecule has 3 nitrogen and oxygen atoms in total. The van der Waals surface area contributed by atoms with Crippen LogP contribution in [0.15, 0.2) is 0 Å². The molecule has 102 valence electrons. The first-order valence-corrected chi connectivity index (χ1v) is 7.40. The van der Waals surface area contributed by atoms with Crippen LogP contribution in [-0.4, -0.2) is 48.3 Å². The highest BCUT2D eigenvalue weighted by Gasteiger charge is 2.21. The minimum atomic E-state index is -0.204.